The van der Waals surface area contributed by atoms with Gasteiger partial charge in [0.2, 0.25) is 8.32 Å². The Morgan fingerprint density at radius 2 is 1.67 bits per heavy atom. The molecule has 0 bridgehead atoms. The van der Waals surface area contributed by atoms with Crippen LogP contribution in [0.2, 0.25) is 18.1 Å². The standard InChI is InChI=1S/C17H26O3Si/c1-16(2,3)21(5,6)20-14-9-7-13(8-10-14)17(11-12-17)15(18)19-4/h7-10H,11-12H2,1-6H3. The SMILES string of the molecule is COC(=O)C1(c2ccc(O[Si](C)(C)C(C)(C)C)cc2)CC1. The summed E-state index contributed by atoms with van der Waals surface area (Å²) in [5.41, 5.74) is 0.640. The molecule has 0 radical (unpaired) electrons. The number of methoxy groups -OCH3 is 1. The van der Waals surface area contributed by atoms with Crippen LogP contribution in [0.3, 0.4) is 0 Å². The summed E-state index contributed by atoms with van der Waals surface area (Å²) in [4.78, 5) is 11.9. The van der Waals surface area contributed by atoms with E-state index in [0.29, 0.717) is 0 Å². The maximum Gasteiger partial charge on any atom is 0.316 e. The van der Waals surface area contributed by atoms with Gasteiger partial charge < -0.3 is 9.16 Å². The van der Waals surface area contributed by atoms with Gasteiger partial charge in [-0.05, 0) is 48.7 Å². The first kappa shape index (κ1) is 16.1. The van der Waals surface area contributed by atoms with Gasteiger partial charge in [0.15, 0.2) is 0 Å². The fourth-order valence-corrected chi connectivity index (χ4v) is 3.25. The first-order valence-corrected chi connectivity index (χ1v) is 10.4. The zero-order valence-electron chi connectivity index (χ0n) is 13.9. The molecule has 4 heteroatoms. The second-order valence-corrected chi connectivity index (χ2v) is 12.2. The fourth-order valence-electron chi connectivity index (χ4n) is 2.22. The largest absolute Gasteiger partial charge is 0.544 e. The number of benzene rings is 1. The van der Waals surface area contributed by atoms with E-state index in [1.807, 2.05) is 24.3 Å². The van der Waals surface area contributed by atoms with Crippen LogP contribution < -0.4 is 4.43 Å². The van der Waals surface area contributed by atoms with Gasteiger partial charge in [0.1, 0.15) is 5.75 Å². The van der Waals surface area contributed by atoms with Crippen LogP contribution >= 0.6 is 0 Å². The zero-order chi connectivity index (χ0) is 15.9. The molecule has 0 spiro atoms. The van der Waals surface area contributed by atoms with Gasteiger partial charge in [-0.2, -0.15) is 0 Å². The summed E-state index contributed by atoms with van der Waals surface area (Å²) in [6, 6.07) is 7.98. The van der Waals surface area contributed by atoms with Crippen LogP contribution in [0, 0.1) is 0 Å². The minimum Gasteiger partial charge on any atom is -0.544 e. The molecule has 1 aliphatic carbocycles. The molecular weight excluding hydrogens is 280 g/mol. The summed E-state index contributed by atoms with van der Waals surface area (Å²) in [6.07, 6.45) is 1.75. The highest BCUT2D eigenvalue weighted by molar-refractivity contribution is 6.74. The predicted molar refractivity (Wildman–Crippen MR) is 87.2 cm³/mol. The smallest absolute Gasteiger partial charge is 0.316 e. The lowest BCUT2D eigenvalue weighted by Gasteiger charge is -2.36. The third kappa shape index (κ3) is 3.00. The van der Waals surface area contributed by atoms with Gasteiger partial charge in [0, 0.05) is 0 Å². The van der Waals surface area contributed by atoms with Crippen molar-refractivity contribution in [1.29, 1.82) is 0 Å². The van der Waals surface area contributed by atoms with E-state index in [9.17, 15) is 4.79 Å². The Balaban J connectivity index is 2.16. The molecule has 0 N–H and O–H groups in total. The Morgan fingerprint density at radius 1 is 1.14 bits per heavy atom. The van der Waals surface area contributed by atoms with Crippen molar-refractivity contribution >= 4 is 14.3 Å². The molecule has 2 rings (SSSR count). The molecule has 1 aliphatic rings. The van der Waals surface area contributed by atoms with Crippen molar-refractivity contribution in [1.82, 2.24) is 0 Å². The molecule has 1 aromatic carbocycles. The molecule has 0 heterocycles. The summed E-state index contributed by atoms with van der Waals surface area (Å²) < 4.78 is 11.2. The monoisotopic (exact) mass is 306 g/mol. The molecule has 0 aromatic heterocycles. The maximum absolute atomic E-state index is 11.9. The highest BCUT2D eigenvalue weighted by Gasteiger charge is 2.52. The number of hydrogen-bond donors (Lipinski definition) is 0. The van der Waals surface area contributed by atoms with Crippen molar-refractivity contribution in [2.45, 2.75) is 57.2 Å². The summed E-state index contributed by atoms with van der Waals surface area (Å²) in [5.74, 6) is 0.770. The van der Waals surface area contributed by atoms with E-state index in [0.717, 1.165) is 24.2 Å². The van der Waals surface area contributed by atoms with Gasteiger partial charge in [-0.1, -0.05) is 32.9 Å². The highest BCUT2D eigenvalue weighted by Crippen LogP contribution is 2.49. The van der Waals surface area contributed by atoms with E-state index in [4.69, 9.17) is 9.16 Å². The maximum atomic E-state index is 11.9. The van der Waals surface area contributed by atoms with Gasteiger partial charge >= 0.3 is 5.97 Å². The molecule has 1 saturated carbocycles. The van der Waals surface area contributed by atoms with Gasteiger partial charge in [-0.15, -0.1) is 0 Å². The molecule has 0 amide bonds. The normalized spacial score (nSPS) is 17.2. The number of rotatable bonds is 4. The van der Waals surface area contributed by atoms with Crippen LogP contribution in [0.15, 0.2) is 24.3 Å². The van der Waals surface area contributed by atoms with Crippen molar-refractivity contribution in [3.8, 4) is 5.75 Å². The molecule has 116 valence electrons. The van der Waals surface area contributed by atoms with E-state index in [2.05, 4.69) is 33.9 Å². The Bertz CT molecular complexity index is 522. The van der Waals surface area contributed by atoms with Crippen LogP contribution in [0.1, 0.15) is 39.2 Å². The first-order valence-electron chi connectivity index (χ1n) is 7.50. The van der Waals surface area contributed by atoms with Crippen LogP contribution in [0.25, 0.3) is 0 Å². The molecule has 1 fully saturated rings. The Morgan fingerprint density at radius 3 is 2.05 bits per heavy atom. The van der Waals surface area contributed by atoms with Gasteiger partial charge in [-0.3, -0.25) is 4.79 Å². The fraction of sp³-hybridized carbons (Fsp3) is 0.588. The average Bonchev–Trinajstić information content (AvgIpc) is 3.18. The Hall–Kier alpha value is -1.29. The molecule has 0 aliphatic heterocycles. The van der Waals surface area contributed by atoms with Crippen molar-refractivity contribution < 1.29 is 14.0 Å². The summed E-state index contributed by atoms with van der Waals surface area (Å²) in [6.45, 7) is 11.1. The number of ether oxygens (including phenoxy) is 1. The lowest BCUT2D eigenvalue weighted by molar-refractivity contribution is -0.143. The van der Waals surface area contributed by atoms with E-state index in [1.54, 1.807) is 0 Å². The first-order chi connectivity index (χ1) is 9.62. The summed E-state index contributed by atoms with van der Waals surface area (Å²) >= 11 is 0. The lowest BCUT2D eigenvalue weighted by Crippen LogP contribution is -2.43. The minimum absolute atomic E-state index is 0.124. The summed E-state index contributed by atoms with van der Waals surface area (Å²) in [7, 11) is -0.358. The Kier molecular flexibility index (Phi) is 3.95. The number of hydrogen-bond acceptors (Lipinski definition) is 3. The average molecular weight is 306 g/mol. The molecule has 0 unspecified atom stereocenters. The summed E-state index contributed by atoms with van der Waals surface area (Å²) in [5, 5.41) is 0.176. The van der Waals surface area contributed by atoms with Crippen LogP contribution in [0.5, 0.6) is 5.75 Å². The predicted octanol–water partition coefficient (Wildman–Crippen LogP) is 4.28. The number of esters is 1. The lowest BCUT2D eigenvalue weighted by atomic mass is 9.96. The third-order valence-corrected chi connectivity index (χ3v) is 9.27. The highest BCUT2D eigenvalue weighted by atomic mass is 28.4. The molecule has 1 aromatic rings. The van der Waals surface area contributed by atoms with E-state index in [1.165, 1.54) is 7.11 Å². The van der Waals surface area contributed by atoms with Gasteiger partial charge in [0.05, 0.1) is 12.5 Å². The van der Waals surface area contributed by atoms with Crippen molar-refractivity contribution in [3.05, 3.63) is 29.8 Å². The molecule has 3 nitrogen and oxygen atoms in total. The quantitative estimate of drug-likeness (QED) is 0.615. The third-order valence-electron chi connectivity index (χ3n) is 4.91. The molecule has 0 saturated heterocycles. The van der Waals surface area contributed by atoms with Crippen molar-refractivity contribution in [2.75, 3.05) is 7.11 Å². The van der Waals surface area contributed by atoms with E-state index >= 15 is 0 Å². The Labute approximate surface area is 128 Å². The molecular formula is C17H26O3Si. The number of carbonyl (C=O) groups is 1. The van der Waals surface area contributed by atoms with Crippen LogP contribution in [-0.2, 0) is 14.9 Å². The van der Waals surface area contributed by atoms with E-state index in [-0.39, 0.29) is 11.0 Å². The second kappa shape index (κ2) is 5.16. The second-order valence-electron chi connectivity index (χ2n) is 7.46. The van der Waals surface area contributed by atoms with E-state index < -0.39 is 13.7 Å². The van der Waals surface area contributed by atoms with Crippen molar-refractivity contribution in [2.24, 2.45) is 0 Å². The van der Waals surface area contributed by atoms with Crippen LogP contribution in [0.4, 0.5) is 0 Å². The van der Waals surface area contributed by atoms with Crippen molar-refractivity contribution in [3.63, 3.8) is 0 Å². The van der Waals surface area contributed by atoms with Crippen LogP contribution in [-0.4, -0.2) is 21.4 Å². The molecule has 0 atom stereocenters. The topological polar surface area (TPSA) is 35.5 Å². The number of carbonyl (C=O) groups excluding carboxylic acids is 1. The zero-order valence-corrected chi connectivity index (χ0v) is 14.9. The van der Waals surface area contributed by atoms with Gasteiger partial charge in [0.25, 0.3) is 0 Å². The molecule has 21 heavy (non-hydrogen) atoms. The van der Waals surface area contributed by atoms with Gasteiger partial charge in [-0.25, -0.2) is 0 Å². The minimum atomic E-state index is -1.81.